The van der Waals surface area contributed by atoms with Gasteiger partial charge in [-0.15, -0.1) is 0 Å². The molecular formula is C27H21F2N7O2S. The number of nitrogens with zero attached hydrogens (tertiary/aromatic N) is 5. The molecule has 5 heterocycles. The molecule has 0 saturated heterocycles. The number of sulfone groups is 1. The molecule has 0 bridgehead atoms. The summed E-state index contributed by atoms with van der Waals surface area (Å²) in [5, 5.41) is 7.16. The smallest absolute Gasteiger partial charge is 0.184 e. The Kier molecular flexibility index (Phi) is 5.91. The van der Waals surface area contributed by atoms with E-state index in [9.17, 15) is 12.8 Å². The van der Waals surface area contributed by atoms with Gasteiger partial charge in [-0.1, -0.05) is 0 Å². The molecule has 39 heavy (non-hydrogen) atoms. The Balaban J connectivity index is 1.47. The van der Waals surface area contributed by atoms with Crippen molar-refractivity contribution >= 4 is 31.9 Å². The Morgan fingerprint density at radius 1 is 1.00 bits per heavy atom. The second kappa shape index (κ2) is 9.31. The van der Waals surface area contributed by atoms with Crippen molar-refractivity contribution in [3.8, 4) is 33.9 Å². The number of aromatic amines is 2. The van der Waals surface area contributed by atoms with Crippen molar-refractivity contribution in [1.29, 1.82) is 0 Å². The van der Waals surface area contributed by atoms with E-state index in [1.165, 1.54) is 18.3 Å². The normalized spacial score (nSPS) is 12.0. The van der Waals surface area contributed by atoms with Crippen molar-refractivity contribution in [2.24, 2.45) is 0 Å². The molecule has 5 aromatic heterocycles. The van der Waals surface area contributed by atoms with E-state index >= 15 is 4.39 Å². The van der Waals surface area contributed by atoms with E-state index in [1.54, 1.807) is 36.8 Å². The number of nitrogens with one attached hydrogen (secondary N) is 2. The average molecular weight is 546 g/mol. The van der Waals surface area contributed by atoms with Gasteiger partial charge in [0.25, 0.3) is 0 Å². The second-order valence-electron chi connectivity index (χ2n) is 9.34. The standard InChI is InChI=1S/C27H21F2N7O2S/c1-14-3-6-30-12-18(14)19-13-32-26-21(22(19)29)25(35-36-26)27-33-20-4-7-31-23(24(20)34-27)16-9-15(10-17(28)11-16)5-8-39(2,37)38/h3-4,6-7,9-13H,5,8H2,1-2H3,(H,33,34)(H,32,35,36). The number of imidazole rings is 1. The van der Waals surface area contributed by atoms with E-state index in [1.807, 2.05) is 6.92 Å². The third-order valence-corrected chi connectivity index (χ3v) is 7.42. The molecule has 0 spiro atoms. The van der Waals surface area contributed by atoms with Crippen LogP contribution in [0, 0.1) is 18.6 Å². The first kappa shape index (κ1) is 24.7. The van der Waals surface area contributed by atoms with E-state index in [0.717, 1.165) is 11.8 Å². The molecule has 0 unspecified atom stereocenters. The van der Waals surface area contributed by atoms with Gasteiger partial charge in [-0.3, -0.25) is 15.1 Å². The molecule has 9 nitrogen and oxygen atoms in total. The Hall–Kier alpha value is -4.58. The van der Waals surface area contributed by atoms with Gasteiger partial charge in [-0.2, -0.15) is 5.10 Å². The number of aromatic nitrogens is 7. The molecule has 0 aliphatic heterocycles. The minimum atomic E-state index is -3.22. The summed E-state index contributed by atoms with van der Waals surface area (Å²) in [7, 11) is -3.22. The van der Waals surface area contributed by atoms with Gasteiger partial charge in [0, 0.05) is 47.7 Å². The van der Waals surface area contributed by atoms with Gasteiger partial charge in [0.1, 0.15) is 32.7 Å². The fourth-order valence-corrected chi connectivity index (χ4v) is 5.16. The zero-order chi connectivity index (χ0) is 27.3. The lowest BCUT2D eigenvalue weighted by atomic mass is 10.0. The zero-order valence-electron chi connectivity index (χ0n) is 20.8. The van der Waals surface area contributed by atoms with E-state index in [-0.39, 0.29) is 28.8 Å². The highest BCUT2D eigenvalue weighted by molar-refractivity contribution is 7.90. The molecule has 0 amide bonds. The number of aryl methyl sites for hydroxylation is 2. The zero-order valence-corrected chi connectivity index (χ0v) is 21.6. The largest absolute Gasteiger partial charge is 0.337 e. The van der Waals surface area contributed by atoms with Crippen molar-refractivity contribution < 1.29 is 17.2 Å². The summed E-state index contributed by atoms with van der Waals surface area (Å²) in [6, 6.07) is 7.82. The Morgan fingerprint density at radius 3 is 2.64 bits per heavy atom. The first-order chi connectivity index (χ1) is 18.7. The molecule has 12 heteroatoms. The average Bonchev–Trinajstić information content (AvgIpc) is 3.52. The van der Waals surface area contributed by atoms with Gasteiger partial charge in [0.2, 0.25) is 0 Å². The van der Waals surface area contributed by atoms with E-state index in [0.29, 0.717) is 44.9 Å². The summed E-state index contributed by atoms with van der Waals surface area (Å²) in [5.74, 6) is -0.834. The van der Waals surface area contributed by atoms with Crippen LogP contribution >= 0.6 is 0 Å². The van der Waals surface area contributed by atoms with Crippen LogP contribution in [-0.4, -0.2) is 55.5 Å². The lowest BCUT2D eigenvalue weighted by Gasteiger charge is -2.07. The molecule has 2 N–H and O–H groups in total. The lowest BCUT2D eigenvalue weighted by Crippen LogP contribution is -2.06. The van der Waals surface area contributed by atoms with Crippen LogP contribution in [0.25, 0.3) is 56.0 Å². The quantitative estimate of drug-likeness (QED) is 0.307. The summed E-state index contributed by atoms with van der Waals surface area (Å²) in [5.41, 5.74) is 4.62. The van der Waals surface area contributed by atoms with Crippen LogP contribution in [0.4, 0.5) is 8.78 Å². The Labute approximate surface area is 221 Å². The van der Waals surface area contributed by atoms with Crippen LogP contribution in [-0.2, 0) is 16.3 Å². The third kappa shape index (κ3) is 4.63. The van der Waals surface area contributed by atoms with Gasteiger partial charge in [0.05, 0.1) is 22.3 Å². The molecule has 6 rings (SSSR count). The Bertz CT molecular complexity index is 2000. The minimum absolute atomic E-state index is 0.104. The maximum atomic E-state index is 15.9. The molecule has 0 atom stereocenters. The topological polar surface area (TPSA) is 130 Å². The number of rotatable bonds is 6. The van der Waals surface area contributed by atoms with E-state index in [2.05, 4.69) is 35.1 Å². The molecule has 196 valence electrons. The third-order valence-electron chi connectivity index (χ3n) is 6.48. The summed E-state index contributed by atoms with van der Waals surface area (Å²) < 4.78 is 53.6. The highest BCUT2D eigenvalue weighted by Gasteiger charge is 2.22. The summed E-state index contributed by atoms with van der Waals surface area (Å²) in [4.78, 5) is 20.7. The van der Waals surface area contributed by atoms with Crippen LogP contribution in [0.5, 0.6) is 0 Å². The maximum absolute atomic E-state index is 15.9. The molecule has 0 aliphatic carbocycles. The van der Waals surface area contributed by atoms with Crippen molar-refractivity contribution in [2.45, 2.75) is 13.3 Å². The van der Waals surface area contributed by atoms with Crippen molar-refractivity contribution in [2.75, 3.05) is 12.0 Å². The monoisotopic (exact) mass is 545 g/mol. The predicted molar refractivity (Wildman–Crippen MR) is 144 cm³/mol. The number of halogens is 2. The summed E-state index contributed by atoms with van der Waals surface area (Å²) in [6.45, 7) is 1.86. The predicted octanol–water partition coefficient (Wildman–Crippen LogP) is 4.80. The van der Waals surface area contributed by atoms with Gasteiger partial charge in [-0.05, 0) is 54.8 Å². The minimum Gasteiger partial charge on any atom is -0.337 e. The van der Waals surface area contributed by atoms with Gasteiger partial charge in [-0.25, -0.2) is 27.2 Å². The number of hydrogen-bond acceptors (Lipinski definition) is 7. The first-order valence-electron chi connectivity index (χ1n) is 11.9. The Morgan fingerprint density at radius 2 is 1.85 bits per heavy atom. The lowest BCUT2D eigenvalue weighted by molar-refractivity contribution is 0.600. The van der Waals surface area contributed by atoms with Gasteiger partial charge in [0.15, 0.2) is 11.5 Å². The van der Waals surface area contributed by atoms with Crippen molar-refractivity contribution in [1.82, 2.24) is 35.1 Å². The second-order valence-corrected chi connectivity index (χ2v) is 11.6. The molecule has 0 saturated carbocycles. The molecule has 0 radical (unpaired) electrons. The molecule has 0 fully saturated rings. The van der Waals surface area contributed by atoms with Crippen molar-refractivity contribution in [3.63, 3.8) is 0 Å². The van der Waals surface area contributed by atoms with Crippen LogP contribution in [0.1, 0.15) is 11.1 Å². The number of fused-ring (bicyclic) bond motifs is 2. The van der Waals surface area contributed by atoms with Gasteiger partial charge >= 0.3 is 0 Å². The van der Waals surface area contributed by atoms with Crippen LogP contribution in [0.3, 0.4) is 0 Å². The SMILES string of the molecule is Cc1ccncc1-c1cnc2n[nH]c(-c3nc4c(-c5cc(F)cc(CCS(C)(=O)=O)c5)nccc4[nH]3)c2c1F. The molecule has 6 aromatic rings. The highest BCUT2D eigenvalue weighted by atomic mass is 32.2. The van der Waals surface area contributed by atoms with E-state index < -0.39 is 21.5 Å². The molecule has 1 aromatic carbocycles. The maximum Gasteiger partial charge on any atom is 0.184 e. The van der Waals surface area contributed by atoms with Crippen LogP contribution in [0.15, 0.2) is 55.1 Å². The number of hydrogen-bond donors (Lipinski definition) is 2. The molecular weight excluding hydrogens is 524 g/mol. The molecule has 0 aliphatic rings. The highest BCUT2D eigenvalue weighted by Crippen LogP contribution is 2.35. The first-order valence-corrected chi connectivity index (χ1v) is 14.0. The fourth-order valence-electron chi connectivity index (χ4n) is 4.56. The summed E-state index contributed by atoms with van der Waals surface area (Å²) in [6.07, 6.45) is 7.51. The number of pyridine rings is 3. The van der Waals surface area contributed by atoms with Gasteiger partial charge < -0.3 is 4.98 Å². The summed E-state index contributed by atoms with van der Waals surface area (Å²) >= 11 is 0. The van der Waals surface area contributed by atoms with Crippen LogP contribution in [0.2, 0.25) is 0 Å². The fraction of sp³-hybridized carbons (Fsp3) is 0.148. The van der Waals surface area contributed by atoms with Crippen LogP contribution < -0.4 is 0 Å². The van der Waals surface area contributed by atoms with Crippen molar-refractivity contribution in [3.05, 3.63) is 77.9 Å². The number of H-pyrrole nitrogens is 2. The number of benzene rings is 1. The van der Waals surface area contributed by atoms with E-state index in [4.69, 9.17) is 0 Å².